The average molecular weight is 383 g/mol. The van der Waals surface area contributed by atoms with E-state index in [1.165, 1.54) is 17.8 Å². The molecule has 3 aromatic rings. The zero-order chi connectivity index (χ0) is 19.2. The van der Waals surface area contributed by atoms with Gasteiger partial charge in [0.05, 0.1) is 18.6 Å². The molecule has 27 heavy (non-hydrogen) atoms. The van der Waals surface area contributed by atoms with Crippen LogP contribution >= 0.6 is 11.8 Å². The highest BCUT2D eigenvalue weighted by atomic mass is 32.2. The minimum absolute atomic E-state index is 0.159. The van der Waals surface area contributed by atoms with Crippen molar-refractivity contribution in [1.82, 2.24) is 10.2 Å². The number of nitrogens with one attached hydrogen (secondary N) is 1. The van der Waals surface area contributed by atoms with Gasteiger partial charge in [-0.05, 0) is 61.0 Å². The van der Waals surface area contributed by atoms with Gasteiger partial charge >= 0.3 is 0 Å². The maximum Gasteiger partial charge on any atom is 0.234 e. The fraction of sp³-hybridized carbons (Fsp3) is 0.150. The van der Waals surface area contributed by atoms with Crippen molar-refractivity contribution in [3.05, 3.63) is 66.0 Å². The van der Waals surface area contributed by atoms with E-state index >= 15 is 0 Å². The number of carbonyl (C=O) groups excluding carboxylic acids is 1. The molecule has 1 heterocycles. The Balaban J connectivity index is 1.56. The van der Waals surface area contributed by atoms with Crippen LogP contribution in [0.1, 0.15) is 5.56 Å². The van der Waals surface area contributed by atoms with Gasteiger partial charge < -0.3 is 10.1 Å². The lowest BCUT2D eigenvalue weighted by Gasteiger charge is -2.06. The number of ether oxygens (including phenoxy) is 1. The molecule has 0 radical (unpaired) electrons. The van der Waals surface area contributed by atoms with Crippen molar-refractivity contribution >= 4 is 23.4 Å². The van der Waals surface area contributed by atoms with Gasteiger partial charge in [0.1, 0.15) is 16.6 Å². The molecule has 5 nitrogen and oxygen atoms in total. The molecule has 0 fully saturated rings. The molecule has 1 N–H and O–H groups in total. The third kappa shape index (κ3) is 5.04. The third-order valence-corrected chi connectivity index (χ3v) is 4.75. The Bertz CT molecular complexity index is 931. The molecule has 0 aliphatic heterocycles. The molecule has 0 bridgehead atoms. The molecule has 1 aromatic heterocycles. The van der Waals surface area contributed by atoms with Crippen molar-refractivity contribution in [1.29, 1.82) is 0 Å². The number of nitrogens with zero attached hydrogens (tertiary/aromatic N) is 2. The number of methoxy groups -OCH3 is 1. The van der Waals surface area contributed by atoms with Crippen LogP contribution in [0.2, 0.25) is 0 Å². The van der Waals surface area contributed by atoms with Crippen molar-refractivity contribution in [2.24, 2.45) is 0 Å². The number of anilines is 1. The van der Waals surface area contributed by atoms with Gasteiger partial charge in [0, 0.05) is 11.3 Å². The number of carbonyl (C=O) groups is 1. The number of halogens is 1. The summed E-state index contributed by atoms with van der Waals surface area (Å²) in [4.78, 5) is 12.0. The van der Waals surface area contributed by atoms with E-state index in [1.54, 1.807) is 26.2 Å². The second-order valence-corrected chi connectivity index (χ2v) is 6.78. The number of aryl methyl sites for hydroxylation is 1. The quantitative estimate of drug-likeness (QED) is 0.642. The number of benzene rings is 2. The summed E-state index contributed by atoms with van der Waals surface area (Å²) >= 11 is 1.27. The molecule has 0 spiro atoms. The Morgan fingerprint density at radius 3 is 2.52 bits per heavy atom. The van der Waals surface area contributed by atoms with Crippen LogP contribution in [-0.2, 0) is 4.79 Å². The highest BCUT2D eigenvalue weighted by molar-refractivity contribution is 7.99. The van der Waals surface area contributed by atoms with E-state index in [0.717, 1.165) is 17.0 Å². The monoisotopic (exact) mass is 383 g/mol. The van der Waals surface area contributed by atoms with Crippen molar-refractivity contribution < 1.29 is 13.9 Å². The first-order valence-electron chi connectivity index (χ1n) is 8.22. The van der Waals surface area contributed by atoms with E-state index in [0.29, 0.717) is 16.3 Å². The zero-order valence-electron chi connectivity index (χ0n) is 14.9. The van der Waals surface area contributed by atoms with Crippen LogP contribution < -0.4 is 10.1 Å². The first kappa shape index (κ1) is 18.8. The summed E-state index contributed by atoms with van der Waals surface area (Å²) in [7, 11) is 1.62. The van der Waals surface area contributed by atoms with Crippen LogP contribution in [0.3, 0.4) is 0 Å². The second-order valence-electron chi connectivity index (χ2n) is 5.79. The van der Waals surface area contributed by atoms with Gasteiger partial charge in [-0.1, -0.05) is 17.8 Å². The van der Waals surface area contributed by atoms with Crippen LogP contribution in [0, 0.1) is 12.7 Å². The van der Waals surface area contributed by atoms with Crippen LogP contribution in [0.4, 0.5) is 10.1 Å². The minimum atomic E-state index is -0.347. The van der Waals surface area contributed by atoms with Crippen LogP contribution in [0.15, 0.2) is 59.6 Å². The summed E-state index contributed by atoms with van der Waals surface area (Å²) in [5.41, 5.74) is 2.64. The molecule has 0 saturated carbocycles. The number of thioether (sulfide) groups is 1. The molecular weight excluding hydrogens is 365 g/mol. The molecule has 0 aliphatic rings. The number of hydrogen-bond acceptors (Lipinski definition) is 5. The number of amides is 1. The first-order valence-corrected chi connectivity index (χ1v) is 9.20. The molecule has 7 heteroatoms. The summed E-state index contributed by atoms with van der Waals surface area (Å²) in [5, 5.41) is 11.6. The van der Waals surface area contributed by atoms with Crippen molar-refractivity contribution in [2.45, 2.75) is 11.9 Å². The van der Waals surface area contributed by atoms with Crippen LogP contribution in [-0.4, -0.2) is 29.0 Å². The molecule has 0 aliphatic carbocycles. The third-order valence-electron chi connectivity index (χ3n) is 3.83. The van der Waals surface area contributed by atoms with E-state index in [-0.39, 0.29) is 17.5 Å². The molecule has 0 unspecified atom stereocenters. The molecular formula is C20H18FN3O2S. The predicted octanol–water partition coefficient (Wildman–Crippen LogP) is 4.33. The van der Waals surface area contributed by atoms with Gasteiger partial charge in [0.2, 0.25) is 5.91 Å². The second kappa shape index (κ2) is 8.64. The van der Waals surface area contributed by atoms with Gasteiger partial charge in [-0.3, -0.25) is 4.79 Å². The van der Waals surface area contributed by atoms with Crippen LogP contribution in [0.5, 0.6) is 5.75 Å². The lowest BCUT2D eigenvalue weighted by atomic mass is 10.1. The van der Waals surface area contributed by atoms with E-state index in [2.05, 4.69) is 15.5 Å². The largest absolute Gasteiger partial charge is 0.497 e. The maximum absolute atomic E-state index is 13.5. The summed E-state index contributed by atoms with van der Waals surface area (Å²) < 4.78 is 18.7. The lowest BCUT2D eigenvalue weighted by Crippen LogP contribution is -2.14. The summed E-state index contributed by atoms with van der Waals surface area (Å²) in [6.45, 7) is 1.67. The molecule has 138 valence electrons. The van der Waals surface area contributed by atoms with E-state index in [1.807, 2.05) is 36.4 Å². The van der Waals surface area contributed by atoms with Gasteiger partial charge in [0.15, 0.2) is 0 Å². The van der Waals surface area contributed by atoms with Gasteiger partial charge in [-0.25, -0.2) is 4.39 Å². The average Bonchev–Trinajstić information content (AvgIpc) is 2.70. The Hall–Kier alpha value is -2.93. The number of aromatic nitrogens is 2. The van der Waals surface area contributed by atoms with Crippen molar-refractivity contribution in [3.63, 3.8) is 0 Å². The van der Waals surface area contributed by atoms with Crippen molar-refractivity contribution in [2.75, 3.05) is 18.2 Å². The van der Waals surface area contributed by atoms with Gasteiger partial charge in [-0.15, -0.1) is 10.2 Å². The van der Waals surface area contributed by atoms with E-state index < -0.39 is 0 Å². The Morgan fingerprint density at radius 1 is 1.11 bits per heavy atom. The van der Waals surface area contributed by atoms with Gasteiger partial charge in [-0.2, -0.15) is 0 Å². The SMILES string of the molecule is COc1ccc(-c2ccc(SCC(=O)Nc3ccc(C)c(F)c3)nn2)cc1. The Kier molecular flexibility index (Phi) is 6.03. The van der Waals surface area contributed by atoms with Crippen LogP contribution in [0.25, 0.3) is 11.3 Å². The molecule has 0 atom stereocenters. The molecule has 0 saturated heterocycles. The number of hydrogen-bond donors (Lipinski definition) is 1. The Labute approximate surface area is 161 Å². The summed E-state index contributed by atoms with van der Waals surface area (Å²) in [6.07, 6.45) is 0. The van der Waals surface area contributed by atoms with E-state index in [4.69, 9.17) is 4.74 Å². The fourth-order valence-corrected chi connectivity index (χ4v) is 2.93. The topological polar surface area (TPSA) is 64.1 Å². The molecule has 1 amide bonds. The predicted molar refractivity (Wildman–Crippen MR) is 105 cm³/mol. The normalized spacial score (nSPS) is 10.5. The van der Waals surface area contributed by atoms with E-state index in [9.17, 15) is 9.18 Å². The first-order chi connectivity index (χ1) is 13.0. The maximum atomic E-state index is 13.5. The van der Waals surface area contributed by atoms with Crippen molar-refractivity contribution in [3.8, 4) is 17.0 Å². The smallest absolute Gasteiger partial charge is 0.234 e. The highest BCUT2D eigenvalue weighted by Crippen LogP contribution is 2.22. The molecule has 3 rings (SSSR count). The fourth-order valence-electron chi connectivity index (χ4n) is 2.32. The lowest BCUT2D eigenvalue weighted by molar-refractivity contribution is -0.113. The Morgan fingerprint density at radius 2 is 1.89 bits per heavy atom. The summed E-state index contributed by atoms with van der Waals surface area (Å²) in [5.74, 6) is 0.356. The highest BCUT2D eigenvalue weighted by Gasteiger charge is 2.08. The zero-order valence-corrected chi connectivity index (χ0v) is 15.7. The van der Waals surface area contributed by atoms with Gasteiger partial charge in [0.25, 0.3) is 0 Å². The summed E-state index contributed by atoms with van der Waals surface area (Å²) in [6, 6.07) is 15.8. The number of rotatable bonds is 6. The minimum Gasteiger partial charge on any atom is -0.497 e. The standard InChI is InChI=1S/C20H18FN3O2S/c1-13-3-6-15(11-17(13)21)22-19(25)12-27-20-10-9-18(23-24-20)14-4-7-16(26-2)8-5-14/h3-11H,12H2,1-2H3,(H,22,25). The molecule has 2 aromatic carbocycles.